The number of nitrogens with zero attached hydrogens (tertiary/aromatic N) is 2. The predicted molar refractivity (Wildman–Crippen MR) is 63.5 cm³/mol. The van der Waals surface area contributed by atoms with E-state index in [-0.39, 0.29) is 18.3 Å². The van der Waals surface area contributed by atoms with Gasteiger partial charge in [0.15, 0.2) is 0 Å². The first-order valence-corrected chi connectivity index (χ1v) is 6.22. The summed E-state index contributed by atoms with van der Waals surface area (Å²) in [5.74, 6) is -1.49. The summed E-state index contributed by atoms with van der Waals surface area (Å²) >= 11 is 0. The summed E-state index contributed by atoms with van der Waals surface area (Å²) in [5, 5.41) is 17.9. The van der Waals surface area contributed by atoms with Crippen molar-refractivity contribution in [3.8, 4) is 0 Å². The van der Waals surface area contributed by atoms with Crippen LogP contribution in [0.5, 0.6) is 0 Å². The molecule has 8 heteroatoms. The van der Waals surface area contributed by atoms with Crippen LogP contribution in [-0.2, 0) is 4.79 Å². The molecular weight excluding hydrogens is 252 g/mol. The van der Waals surface area contributed by atoms with E-state index in [1.54, 1.807) is 6.92 Å². The molecule has 1 amide bonds. The Kier molecular flexibility index (Phi) is 4.10. The molecule has 1 aromatic heterocycles. The van der Waals surface area contributed by atoms with Gasteiger partial charge in [0.05, 0.1) is 6.04 Å². The number of hydrogen-bond donors (Lipinski definition) is 3. The van der Waals surface area contributed by atoms with Gasteiger partial charge in [-0.05, 0) is 25.8 Å². The van der Waals surface area contributed by atoms with Crippen LogP contribution in [0.4, 0.5) is 0 Å². The van der Waals surface area contributed by atoms with Crippen molar-refractivity contribution in [2.24, 2.45) is 0 Å². The summed E-state index contributed by atoms with van der Waals surface area (Å²) in [6, 6.07) is -0.963. The predicted octanol–water partition coefficient (Wildman–Crippen LogP) is 0.0871. The second-order valence-electron chi connectivity index (χ2n) is 4.38. The lowest BCUT2D eigenvalue weighted by Gasteiger charge is -2.09. The van der Waals surface area contributed by atoms with Crippen LogP contribution in [0, 0.1) is 0 Å². The van der Waals surface area contributed by atoms with E-state index >= 15 is 0 Å². The molecule has 1 fully saturated rings. The van der Waals surface area contributed by atoms with Crippen LogP contribution < -0.4 is 10.6 Å². The highest BCUT2D eigenvalue weighted by Gasteiger charge is 2.26. The first kappa shape index (κ1) is 13.5. The van der Waals surface area contributed by atoms with Crippen LogP contribution in [0.2, 0.25) is 0 Å². The van der Waals surface area contributed by atoms with E-state index in [0.29, 0.717) is 5.89 Å². The zero-order valence-corrected chi connectivity index (χ0v) is 10.5. The number of hydrogen-bond acceptors (Lipinski definition) is 6. The van der Waals surface area contributed by atoms with Crippen LogP contribution >= 0.6 is 0 Å². The van der Waals surface area contributed by atoms with Gasteiger partial charge >= 0.3 is 5.97 Å². The second kappa shape index (κ2) is 5.79. The van der Waals surface area contributed by atoms with Crippen LogP contribution in [-0.4, -0.2) is 39.7 Å². The number of amides is 1. The van der Waals surface area contributed by atoms with Gasteiger partial charge in [-0.3, -0.25) is 4.79 Å². The summed E-state index contributed by atoms with van der Waals surface area (Å²) in [5.41, 5.74) is 0. The van der Waals surface area contributed by atoms with Crippen LogP contribution in [0.1, 0.15) is 48.7 Å². The Hall–Kier alpha value is -1.96. The van der Waals surface area contributed by atoms with Crippen molar-refractivity contribution in [3.05, 3.63) is 11.7 Å². The lowest BCUT2D eigenvalue weighted by atomic mass is 10.2. The van der Waals surface area contributed by atoms with E-state index in [2.05, 4.69) is 20.8 Å². The molecule has 2 atom stereocenters. The van der Waals surface area contributed by atoms with Crippen molar-refractivity contribution in [3.63, 3.8) is 0 Å². The van der Waals surface area contributed by atoms with E-state index in [1.165, 1.54) is 0 Å². The maximum Gasteiger partial charge on any atom is 0.326 e. The Balaban J connectivity index is 2.01. The first-order chi connectivity index (χ1) is 9.11. The topological polar surface area (TPSA) is 117 Å². The average Bonchev–Trinajstić information content (AvgIpc) is 3.04. The van der Waals surface area contributed by atoms with E-state index in [1.807, 2.05) is 0 Å². The van der Waals surface area contributed by atoms with Gasteiger partial charge in [-0.25, -0.2) is 4.79 Å². The number of carboxylic acids is 1. The summed E-state index contributed by atoms with van der Waals surface area (Å²) in [4.78, 5) is 26.6. The molecule has 104 valence electrons. The Labute approximate surface area is 109 Å². The van der Waals surface area contributed by atoms with Crippen LogP contribution in [0.3, 0.4) is 0 Å². The standard InChI is InChI=1S/C11H16N4O4/c1-2-6(11(17)18)13-9(16)8-14-10(19-15-8)7-4-3-5-12-7/h6-7,12H,2-5H2,1H3,(H,13,16)(H,17,18). The zero-order valence-electron chi connectivity index (χ0n) is 10.5. The molecular formula is C11H16N4O4. The molecule has 1 aliphatic heterocycles. The third-order valence-corrected chi connectivity index (χ3v) is 3.01. The summed E-state index contributed by atoms with van der Waals surface area (Å²) in [7, 11) is 0. The maximum absolute atomic E-state index is 11.8. The molecule has 1 saturated heterocycles. The number of aliphatic carboxylic acids is 1. The lowest BCUT2D eigenvalue weighted by Crippen LogP contribution is -2.40. The normalized spacial score (nSPS) is 20.2. The zero-order chi connectivity index (χ0) is 13.8. The highest BCUT2D eigenvalue weighted by Crippen LogP contribution is 2.20. The molecule has 19 heavy (non-hydrogen) atoms. The molecule has 3 N–H and O–H groups in total. The van der Waals surface area contributed by atoms with E-state index in [4.69, 9.17) is 9.63 Å². The highest BCUT2D eigenvalue weighted by molar-refractivity contribution is 5.93. The van der Waals surface area contributed by atoms with E-state index < -0.39 is 17.9 Å². The van der Waals surface area contributed by atoms with Crippen LogP contribution in [0.25, 0.3) is 0 Å². The third-order valence-electron chi connectivity index (χ3n) is 3.01. The summed E-state index contributed by atoms with van der Waals surface area (Å²) in [6.07, 6.45) is 2.19. The molecule has 0 spiro atoms. The average molecular weight is 268 g/mol. The van der Waals surface area contributed by atoms with Gasteiger partial charge in [0.25, 0.3) is 11.7 Å². The molecule has 8 nitrogen and oxygen atoms in total. The monoisotopic (exact) mass is 268 g/mol. The second-order valence-corrected chi connectivity index (χ2v) is 4.38. The van der Waals surface area contributed by atoms with Crippen LogP contribution in [0.15, 0.2) is 4.52 Å². The molecule has 0 radical (unpaired) electrons. The Bertz CT molecular complexity index is 467. The van der Waals surface area contributed by atoms with Gasteiger partial charge in [-0.15, -0.1) is 0 Å². The van der Waals surface area contributed by atoms with Crippen molar-refractivity contribution in [2.45, 2.75) is 38.3 Å². The number of carbonyl (C=O) groups is 2. The largest absolute Gasteiger partial charge is 0.480 e. The first-order valence-electron chi connectivity index (χ1n) is 6.22. The number of carbonyl (C=O) groups excluding carboxylic acids is 1. The van der Waals surface area contributed by atoms with Crippen molar-refractivity contribution in [1.29, 1.82) is 0 Å². The van der Waals surface area contributed by atoms with Gasteiger partial charge < -0.3 is 20.3 Å². The van der Waals surface area contributed by atoms with Gasteiger partial charge in [-0.2, -0.15) is 4.98 Å². The Morgan fingerprint density at radius 1 is 1.63 bits per heavy atom. The fourth-order valence-corrected chi connectivity index (χ4v) is 1.93. The quantitative estimate of drug-likeness (QED) is 0.692. The minimum absolute atomic E-state index is 0.0181. The minimum Gasteiger partial charge on any atom is -0.480 e. The van der Waals surface area contributed by atoms with Gasteiger partial charge in [-0.1, -0.05) is 12.1 Å². The van der Waals surface area contributed by atoms with Gasteiger partial charge in [0.2, 0.25) is 5.89 Å². The van der Waals surface area contributed by atoms with Crippen molar-refractivity contribution < 1.29 is 19.2 Å². The van der Waals surface area contributed by atoms with Crippen molar-refractivity contribution >= 4 is 11.9 Å². The maximum atomic E-state index is 11.8. The molecule has 0 aliphatic carbocycles. The fourth-order valence-electron chi connectivity index (χ4n) is 1.93. The van der Waals surface area contributed by atoms with Crippen molar-refractivity contribution in [1.82, 2.24) is 20.8 Å². The SMILES string of the molecule is CCC(NC(=O)c1noc(C2CCCN2)n1)C(=O)O. The molecule has 0 aromatic carbocycles. The minimum atomic E-state index is -1.09. The highest BCUT2D eigenvalue weighted by atomic mass is 16.5. The lowest BCUT2D eigenvalue weighted by molar-refractivity contribution is -0.139. The molecule has 0 bridgehead atoms. The van der Waals surface area contributed by atoms with E-state index in [0.717, 1.165) is 19.4 Å². The molecule has 2 rings (SSSR count). The smallest absolute Gasteiger partial charge is 0.326 e. The number of rotatable bonds is 5. The number of nitrogens with one attached hydrogen (secondary N) is 2. The fraction of sp³-hybridized carbons (Fsp3) is 0.636. The molecule has 2 unspecified atom stereocenters. The number of aromatic nitrogens is 2. The van der Waals surface area contributed by atoms with E-state index in [9.17, 15) is 9.59 Å². The molecule has 1 aliphatic rings. The Morgan fingerprint density at radius 3 is 3.00 bits per heavy atom. The third kappa shape index (κ3) is 3.08. The molecule has 1 aromatic rings. The number of carboxylic acid groups (broad SMARTS) is 1. The molecule has 0 saturated carbocycles. The molecule has 2 heterocycles. The Morgan fingerprint density at radius 2 is 2.42 bits per heavy atom. The van der Waals surface area contributed by atoms with Gasteiger partial charge in [0.1, 0.15) is 6.04 Å². The van der Waals surface area contributed by atoms with Gasteiger partial charge in [0, 0.05) is 0 Å². The summed E-state index contributed by atoms with van der Waals surface area (Å²) in [6.45, 7) is 2.55. The summed E-state index contributed by atoms with van der Waals surface area (Å²) < 4.78 is 5.01. The van der Waals surface area contributed by atoms with Crippen molar-refractivity contribution in [2.75, 3.05) is 6.54 Å².